The van der Waals surface area contributed by atoms with E-state index < -0.39 is 17.6 Å². The number of imidazole rings is 1. The Balaban J connectivity index is 0.00000306. The van der Waals surface area contributed by atoms with E-state index in [2.05, 4.69) is 4.98 Å². The van der Waals surface area contributed by atoms with Crippen molar-refractivity contribution in [3.8, 4) is 0 Å². The van der Waals surface area contributed by atoms with Crippen molar-refractivity contribution in [2.24, 2.45) is 0 Å². The van der Waals surface area contributed by atoms with E-state index >= 15 is 0 Å². The summed E-state index contributed by atoms with van der Waals surface area (Å²) in [5.41, 5.74) is 1.03. The molecule has 5 nitrogen and oxygen atoms in total. The first-order valence-electron chi connectivity index (χ1n) is 10.2. The highest BCUT2D eigenvalue weighted by molar-refractivity contribution is 7.22. The molecule has 174 valence electrons. The summed E-state index contributed by atoms with van der Waals surface area (Å²) in [5.74, 6) is -0.501. The Hall–Kier alpha value is -2.91. The molecule has 0 N–H and O–H groups in total. The second-order valence-electron chi connectivity index (χ2n) is 7.30. The van der Waals surface area contributed by atoms with Crippen LogP contribution in [0.15, 0.2) is 61.2 Å². The molecular formula is C23H22ClF3N4OS. The number of aromatic nitrogens is 3. The molecule has 0 spiro atoms. The standard InChI is InChI=1S/C23H21F3N4OS.ClH/c1-2-16-6-4-9-19-20(16)28-22(32-19)30(12-5-11-29-13-10-27-15-29)21(31)17-7-3-8-18(14-17)23(24,25)26;/h3-4,6-10,13-15H,2,5,11-12H2,1H3;1H. The third kappa shape index (κ3) is 5.54. The molecule has 0 radical (unpaired) electrons. The molecule has 0 unspecified atom stereocenters. The van der Waals surface area contributed by atoms with Gasteiger partial charge in [0.1, 0.15) is 0 Å². The van der Waals surface area contributed by atoms with Crippen molar-refractivity contribution in [1.82, 2.24) is 14.5 Å². The van der Waals surface area contributed by atoms with E-state index in [1.807, 2.05) is 35.9 Å². The van der Waals surface area contributed by atoms with Crippen LogP contribution in [-0.2, 0) is 19.1 Å². The number of anilines is 1. The Kier molecular flexibility index (Phi) is 7.76. The number of carbonyl (C=O) groups is 1. The van der Waals surface area contributed by atoms with Gasteiger partial charge in [0.25, 0.3) is 5.91 Å². The number of carbonyl (C=O) groups excluding carboxylic acids is 1. The molecule has 2 aromatic heterocycles. The zero-order valence-electron chi connectivity index (χ0n) is 17.7. The van der Waals surface area contributed by atoms with Gasteiger partial charge in [0.2, 0.25) is 0 Å². The summed E-state index contributed by atoms with van der Waals surface area (Å²) < 4.78 is 42.4. The van der Waals surface area contributed by atoms with Crippen LogP contribution >= 0.6 is 23.7 Å². The van der Waals surface area contributed by atoms with E-state index in [1.54, 1.807) is 12.5 Å². The van der Waals surface area contributed by atoms with E-state index in [9.17, 15) is 18.0 Å². The summed E-state index contributed by atoms with van der Waals surface area (Å²) in [7, 11) is 0. The largest absolute Gasteiger partial charge is 0.416 e. The number of nitrogens with zero attached hydrogens (tertiary/aromatic N) is 4. The average Bonchev–Trinajstić information content (AvgIpc) is 3.45. The highest BCUT2D eigenvalue weighted by Crippen LogP contribution is 2.33. The third-order valence-corrected chi connectivity index (χ3v) is 6.19. The number of hydrogen-bond donors (Lipinski definition) is 0. The van der Waals surface area contributed by atoms with E-state index in [0.29, 0.717) is 24.6 Å². The van der Waals surface area contributed by atoms with Gasteiger partial charge < -0.3 is 4.57 Å². The van der Waals surface area contributed by atoms with Gasteiger partial charge in [0.05, 0.1) is 22.1 Å². The summed E-state index contributed by atoms with van der Waals surface area (Å²) >= 11 is 1.37. The van der Waals surface area contributed by atoms with E-state index in [1.165, 1.54) is 28.4 Å². The van der Waals surface area contributed by atoms with Crippen molar-refractivity contribution < 1.29 is 18.0 Å². The normalized spacial score (nSPS) is 11.4. The third-order valence-electron chi connectivity index (χ3n) is 5.14. The minimum Gasteiger partial charge on any atom is -0.337 e. The number of halogens is 4. The summed E-state index contributed by atoms with van der Waals surface area (Å²) in [4.78, 5) is 23.5. The minimum absolute atomic E-state index is 0. The quantitative estimate of drug-likeness (QED) is 0.306. The maximum Gasteiger partial charge on any atom is 0.416 e. The fourth-order valence-corrected chi connectivity index (χ4v) is 4.53. The molecule has 2 heterocycles. The summed E-state index contributed by atoms with van der Waals surface area (Å²) in [5, 5.41) is 0.481. The van der Waals surface area contributed by atoms with E-state index in [0.717, 1.165) is 34.3 Å². The molecule has 10 heteroatoms. The van der Waals surface area contributed by atoms with Crippen LogP contribution in [0.1, 0.15) is 34.8 Å². The number of rotatable bonds is 7. The zero-order valence-corrected chi connectivity index (χ0v) is 19.4. The molecule has 33 heavy (non-hydrogen) atoms. The van der Waals surface area contributed by atoms with Crippen LogP contribution in [0.3, 0.4) is 0 Å². The van der Waals surface area contributed by atoms with Gasteiger partial charge in [-0.05, 0) is 42.7 Å². The fraction of sp³-hybridized carbons (Fsp3) is 0.261. The first kappa shape index (κ1) is 24.7. The molecule has 0 aliphatic rings. The van der Waals surface area contributed by atoms with Crippen molar-refractivity contribution in [1.29, 1.82) is 0 Å². The lowest BCUT2D eigenvalue weighted by Gasteiger charge is -2.20. The molecule has 4 aromatic rings. The molecule has 0 saturated carbocycles. The van der Waals surface area contributed by atoms with E-state index in [4.69, 9.17) is 4.98 Å². The Bertz CT molecular complexity index is 1220. The minimum atomic E-state index is -4.52. The number of aryl methyl sites for hydroxylation is 2. The van der Waals surface area contributed by atoms with Gasteiger partial charge in [-0.25, -0.2) is 9.97 Å². The number of para-hydroxylation sites is 1. The highest BCUT2D eigenvalue weighted by atomic mass is 35.5. The van der Waals surface area contributed by atoms with Crippen molar-refractivity contribution >= 4 is 45.0 Å². The molecular weight excluding hydrogens is 473 g/mol. The molecule has 4 rings (SSSR count). The van der Waals surface area contributed by atoms with E-state index in [-0.39, 0.29) is 18.0 Å². The van der Waals surface area contributed by atoms with Crippen LogP contribution in [0.2, 0.25) is 0 Å². The smallest absolute Gasteiger partial charge is 0.337 e. The summed E-state index contributed by atoms with van der Waals surface area (Å²) in [6.45, 7) is 2.97. The molecule has 0 fully saturated rings. The Morgan fingerprint density at radius 1 is 1.18 bits per heavy atom. The number of benzene rings is 2. The lowest BCUT2D eigenvalue weighted by atomic mass is 10.1. The molecule has 0 aliphatic heterocycles. The van der Waals surface area contributed by atoms with Crippen LogP contribution in [0.4, 0.5) is 18.3 Å². The van der Waals surface area contributed by atoms with Gasteiger partial charge in [-0.2, -0.15) is 13.2 Å². The second kappa shape index (κ2) is 10.4. The van der Waals surface area contributed by atoms with Gasteiger partial charge in [-0.1, -0.05) is 36.5 Å². The monoisotopic (exact) mass is 494 g/mol. The maximum atomic E-state index is 13.4. The number of amides is 1. The lowest BCUT2D eigenvalue weighted by Crippen LogP contribution is -2.32. The number of thiazole rings is 1. The zero-order chi connectivity index (χ0) is 22.7. The predicted octanol–water partition coefficient (Wildman–Crippen LogP) is 6.23. The molecule has 2 aromatic carbocycles. The fourth-order valence-electron chi connectivity index (χ4n) is 3.49. The van der Waals surface area contributed by atoms with Crippen molar-refractivity contribution in [2.75, 3.05) is 11.4 Å². The lowest BCUT2D eigenvalue weighted by molar-refractivity contribution is -0.137. The SMILES string of the molecule is CCc1cccc2sc(N(CCCn3ccnc3)C(=O)c3cccc(C(F)(F)F)c3)nc12.Cl. The van der Waals surface area contributed by atoms with Crippen LogP contribution in [0.25, 0.3) is 10.2 Å². The topological polar surface area (TPSA) is 51.0 Å². The first-order valence-corrected chi connectivity index (χ1v) is 11.0. The van der Waals surface area contributed by atoms with Crippen LogP contribution in [-0.4, -0.2) is 27.0 Å². The van der Waals surface area contributed by atoms with Gasteiger partial charge in [0, 0.05) is 31.0 Å². The summed E-state index contributed by atoms with van der Waals surface area (Å²) in [6.07, 6.45) is 2.05. The predicted molar refractivity (Wildman–Crippen MR) is 126 cm³/mol. The second-order valence-corrected chi connectivity index (χ2v) is 8.31. The van der Waals surface area contributed by atoms with Crippen LogP contribution in [0, 0.1) is 0 Å². The molecule has 0 saturated heterocycles. The van der Waals surface area contributed by atoms with Gasteiger partial charge in [-0.3, -0.25) is 9.69 Å². The average molecular weight is 495 g/mol. The first-order chi connectivity index (χ1) is 15.4. The summed E-state index contributed by atoms with van der Waals surface area (Å²) in [6, 6.07) is 10.4. The van der Waals surface area contributed by atoms with Crippen molar-refractivity contribution in [2.45, 2.75) is 32.5 Å². The maximum absolute atomic E-state index is 13.4. The number of hydrogen-bond acceptors (Lipinski definition) is 4. The van der Waals surface area contributed by atoms with Gasteiger partial charge in [-0.15, -0.1) is 12.4 Å². The number of fused-ring (bicyclic) bond motifs is 1. The Morgan fingerprint density at radius 2 is 1.97 bits per heavy atom. The molecule has 0 atom stereocenters. The molecule has 0 bridgehead atoms. The Morgan fingerprint density at radius 3 is 2.67 bits per heavy atom. The molecule has 1 amide bonds. The van der Waals surface area contributed by atoms with Crippen molar-refractivity contribution in [3.63, 3.8) is 0 Å². The molecule has 0 aliphatic carbocycles. The highest BCUT2D eigenvalue weighted by Gasteiger charge is 2.31. The Labute approximate surface area is 199 Å². The number of alkyl halides is 3. The van der Waals surface area contributed by atoms with Gasteiger partial charge in [0.15, 0.2) is 5.13 Å². The van der Waals surface area contributed by atoms with Crippen LogP contribution < -0.4 is 4.90 Å². The van der Waals surface area contributed by atoms with Gasteiger partial charge >= 0.3 is 6.18 Å². The van der Waals surface area contributed by atoms with Crippen molar-refractivity contribution in [3.05, 3.63) is 77.9 Å². The van der Waals surface area contributed by atoms with Crippen LogP contribution in [0.5, 0.6) is 0 Å².